The highest BCUT2D eigenvalue weighted by Crippen LogP contribution is 2.25. The molecule has 0 atom stereocenters. The van der Waals surface area contributed by atoms with Gasteiger partial charge in [0.25, 0.3) is 5.91 Å². The van der Waals surface area contributed by atoms with Gasteiger partial charge < -0.3 is 10.6 Å². The van der Waals surface area contributed by atoms with Crippen molar-refractivity contribution in [2.75, 3.05) is 13.1 Å². The van der Waals surface area contributed by atoms with Gasteiger partial charge in [-0.2, -0.15) is 0 Å². The van der Waals surface area contributed by atoms with Crippen molar-refractivity contribution in [3.8, 4) is 0 Å². The van der Waals surface area contributed by atoms with E-state index in [1.54, 1.807) is 0 Å². The summed E-state index contributed by atoms with van der Waals surface area (Å²) in [4.78, 5) is 14.8. The van der Waals surface area contributed by atoms with Crippen molar-refractivity contribution in [1.82, 2.24) is 4.90 Å². The van der Waals surface area contributed by atoms with Gasteiger partial charge in [0.1, 0.15) is 0 Å². The van der Waals surface area contributed by atoms with E-state index < -0.39 is 0 Å². The molecule has 2 N–H and O–H groups in total. The molecule has 1 aliphatic rings. The first kappa shape index (κ1) is 15.5. The molecule has 0 aromatic heterocycles. The first-order valence-corrected chi connectivity index (χ1v) is 8.28. The lowest BCUT2D eigenvalue weighted by Gasteiger charge is -2.34. The Morgan fingerprint density at radius 2 is 2.05 bits per heavy atom. The van der Waals surface area contributed by atoms with E-state index in [0.29, 0.717) is 12.6 Å². The highest BCUT2D eigenvalue weighted by molar-refractivity contribution is 9.10. The second kappa shape index (κ2) is 7.79. The van der Waals surface area contributed by atoms with Gasteiger partial charge >= 0.3 is 0 Å². The number of rotatable bonds is 5. The molecule has 110 valence electrons. The van der Waals surface area contributed by atoms with E-state index in [1.165, 1.54) is 19.3 Å². The Balaban J connectivity index is 2.14. The molecule has 1 fully saturated rings. The van der Waals surface area contributed by atoms with Crippen molar-refractivity contribution in [2.45, 2.75) is 44.6 Å². The maximum Gasteiger partial charge on any atom is 0.254 e. The molecule has 1 saturated carbocycles. The number of hydrogen-bond donors (Lipinski definition) is 1. The second-order valence-corrected chi connectivity index (χ2v) is 6.36. The molecule has 0 heterocycles. The smallest absolute Gasteiger partial charge is 0.254 e. The summed E-state index contributed by atoms with van der Waals surface area (Å²) in [5.74, 6) is 0.145. The van der Waals surface area contributed by atoms with Gasteiger partial charge in [0.15, 0.2) is 0 Å². The number of nitrogens with zero attached hydrogens (tertiary/aromatic N) is 1. The minimum absolute atomic E-state index is 0.145. The summed E-state index contributed by atoms with van der Waals surface area (Å²) in [6.07, 6.45) is 6.89. The van der Waals surface area contributed by atoms with Crippen LogP contribution in [0.15, 0.2) is 28.7 Å². The largest absolute Gasteiger partial charge is 0.336 e. The first-order valence-electron chi connectivity index (χ1n) is 7.49. The van der Waals surface area contributed by atoms with E-state index >= 15 is 0 Å². The van der Waals surface area contributed by atoms with Crippen LogP contribution in [0.3, 0.4) is 0 Å². The van der Waals surface area contributed by atoms with Crippen molar-refractivity contribution in [2.24, 2.45) is 5.73 Å². The van der Waals surface area contributed by atoms with Crippen LogP contribution in [0.2, 0.25) is 0 Å². The van der Waals surface area contributed by atoms with Gasteiger partial charge in [0, 0.05) is 22.6 Å². The van der Waals surface area contributed by atoms with Crippen LogP contribution < -0.4 is 5.73 Å². The minimum Gasteiger partial charge on any atom is -0.336 e. The number of benzene rings is 1. The van der Waals surface area contributed by atoms with E-state index in [2.05, 4.69) is 15.9 Å². The predicted molar refractivity (Wildman–Crippen MR) is 85.7 cm³/mol. The molecule has 0 radical (unpaired) electrons. The fourth-order valence-corrected chi connectivity index (χ4v) is 3.29. The fourth-order valence-electron chi connectivity index (χ4n) is 2.89. The normalized spacial score (nSPS) is 16.1. The Hall–Kier alpha value is -0.870. The molecule has 3 nitrogen and oxygen atoms in total. The van der Waals surface area contributed by atoms with E-state index in [0.717, 1.165) is 35.8 Å². The average molecular weight is 339 g/mol. The maximum atomic E-state index is 12.8. The van der Waals surface area contributed by atoms with E-state index in [-0.39, 0.29) is 5.91 Å². The zero-order chi connectivity index (χ0) is 14.4. The molecular weight excluding hydrogens is 316 g/mol. The van der Waals surface area contributed by atoms with Crippen LogP contribution in [-0.2, 0) is 0 Å². The molecule has 2 rings (SSSR count). The third-order valence-electron chi connectivity index (χ3n) is 3.95. The van der Waals surface area contributed by atoms with Gasteiger partial charge in [-0.15, -0.1) is 0 Å². The van der Waals surface area contributed by atoms with Gasteiger partial charge in [-0.3, -0.25) is 4.79 Å². The number of amides is 1. The molecule has 0 bridgehead atoms. The predicted octanol–water partition coefficient (Wildman–Crippen LogP) is 3.57. The van der Waals surface area contributed by atoms with Gasteiger partial charge in [0.2, 0.25) is 0 Å². The zero-order valence-corrected chi connectivity index (χ0v) is 13.4. The van der Waals surface area contributed by atoms with E-state index in [9.17, 15) is 4.79 Å². The lowest BCUT2D eigenvalue weighted by molar-refractivity contribution is 0.0632. The summed E-state index contributed by atoms with van der Waals surface area (Å²) in [7, 11) is 0. The lowest BCUT2D eigenvalue weighted by atomic mass is 9.93. The fraction of sp³-hybridized carbons (Fsp3) is 0.562. The van der Waals surface area contributed by atoms with Crippen molar-refractivity contribution >= 4 is 21.8 Å². The molecule has 4 heteroatoms. The van der Waals surface area contributed by atoms with Gasteiger partial charge in [-0.1, -0.05) is 41.3 Å². The molecule has 1 amide bonds. The highest BCUT2D eigenvalue weighted by Gasteiger charge is 2.25. The summed E-state index contributed by atoms with van der Waals surface area (Å²) >= 11 is 3.44. The third kappa shape index (κ3) is 4.06. The van der Waals surface area contributed by atoms with E-state index in [1.807, 2.05) is 29.2 Å². The van der Waals surface area contributed by atoms with Crippen LogP contribution >= 0.6 is 15.9 Å². The first-order chi connectivity index (χ1) is 9.72. The summed E-state index contributed by atoms with van der Waals surface area (Å²) < 4.78 is 0.950. The Labute approximate surface area is 129 Å². The number of carbonyl (C=O) groups is 1. The van der Waals surface area contributed by atoms with Crippen molar-refractivity contribution in [1.29, 1.82) is 0 Å². The molecule has 0 aliphatic heterocycles. The number of halogens is 1. The summed E-state index contributed by atoms with van der Waals surface area (Å²) in [5.41, 5.74) is 6.39. The van der Waals surface area contributed by atoms with Crippen LogP contribution in [0.4, 0.5) is 0 Å². The SMILES string of the molecule is NCCCN(C(=O)c1cccc(Br)c1)C1CCCCC1. The molecule has 1 aromatic carbocycles. The summed E-state index contributed by atoms with van der Waals surface area (Å²) in [6.45, 7) is 1.40. The Bertz CT molecular complexity index is 444. The number of hydrogen-bond acceptors (Lipinski definition) is 2. The van der Waals surface area contributed by atoms with Gasteiger partial charge in [0.05, 0.1) is 0 Å². The Morgan fingerprint density at radius 3 is 2.70 bits per heavy atom. The Morgan fingerprint density at radius 1 is 1.30 bits per heavy atom. The van der Waals surface area contributed by atoms with Gasteiger partial charge in [-0.05, 0) is 44.0 Å². The van der Waals surface area contributed by atoms with Crippen LogP contribution in [0, 0.1) is 0 Å². The number of nitrogens with two attached hydrogens (primary N) is 1. The lowest BCUT2D eigenvalue weighted by Crippen LogP contribution is -2.42. The van der Waals surface area contributed by atoms with Crippen LogP contribution in [0.1, 0.15) is 48.9 Å². The minimum atomic E-state index is 0.145. The van der Waals surface area contributed by atoms with E-state index in [4.69, 9.17) is 5.73 Å². The second-order valence-electron chi connectivity index (χ2n) is 5.44. The number of carbonyl (C=O) groups excluding carboxylic acids is 1. The molecule has 0 unspecified atom stereocenters. The maximum absolute atomic E-state index is 12.8. The third-order valence-corrected chi connectivity index (χ3v) is 4.44. The summed E-state index contributed by atoms with van der Waals surface area (Å²) in [6, 6.07) is 8.05. The molecular formula is C16H23BrN2O. The van der Waals surface area contributed by atoms with Crippen LogP contribution in [-0.4, -0.2) is 29.9 Å². The van der Waals surface area contributed by atoms with Crippen LogP contribution in [0.5, 0.6) is 0 Å². The summed E-state index contributed by atoms with van der Waals surface area (Å²) in [5, 5.41) is 0. The molecule has 1 aromatic rings. The zero-order valence-electron chi connectivity index (χ0n) is 11.9. The quantitative estimate of drug-likeness (QED) is 0.891. The van der Waals surface area contributed by atoms with Crippen molar-refractivity contribution in [3.63, 3.8) is 0 Å². The highest BCUT2D eigenvalue weighted by atomic mass is 79.9. The molecule has 0 saturated heterocycles. The van der Waals surface area contributed by atoms with Crippen LogP contribution in [0.25, 0.3) is 0 Å². The molecule has 20 heavy (non-hydrogen) atoms. The molecule has 0 spiro atoms. The monoisotopic (exact) mass is 338 g/mol. The average Bonchev–Trinajstić information content (AvgIpc) is 2.48. The molecule has 1 aliphatic carbocycles. The van der Waals surface area contributed by atoms with Crippen molar-refractivity contribution in [3.05, 3.63) is 34.3 Å². The van der Waals surface area contributed by atoms with Crippen molar-refractivity contribution < 1.29 is 4.79 Å². The Kier molecular flexibility index (Phi) is 6.05. The van der Waals surface area contributed by atoms with Gasteiger partial charge in [-0.25, -0.2) is 0 Å². The standard InChI is InChI=1S/C16H23BrN2O/c17-14-7-4-6-13(12-14)16(20)19(11-5-10-18)15-8-2-1-3-9-15/h4,6-7,12,15H,1-3,5,8-11,18H2. The topological polar surface area (TPSA) is 46.3 Å².